The second kappa shape index (κ2) is 3.04. The Morgan fingerprint density at radius 2 is 1.88 bits per heavy atom. The number of rotatable bonds is 1. The minimum Gasteiger partial charge on any atom is -0.267 e. The summed E-state index contributed by atoms with van der Waals surface area (Å²) in [4.78, 5) is 16.2. The third-order valence-corrected chi connectivity index (χ3v) is 3.62. The average molecular weight is 221 g/mol. The Bertz CT molecular complexity index is 769. The predicted molar refractivity (Wildman–Crippen MR) is 65.9 cm³/mol. The molecule has 0 spiro atoms. The Morgan fingerprint density at radius 3 is 2.71 bits per heavy atom. The van der Waals surface area contributed by atoms with Gasteiger partial charge in [0.15, 0.2) is 0 Å². The molecule has 82 valence electrons. The fraction of sp³-hybridized carbons (Fsp3) is 0.200. The van der Waals surface area contributed by atoms with Crippen LogP contribution in [0.5, 0.6) is 0 Å². The normalized spacial score (nSPS) is 18.4. The van der Waals surface area contributed by atoms with E-state index in [-0.39, 0.29) is 5.91 Å². The van der Waals surface area contributed by atoms with E-state index in [0.29, 0.717) is 5.92 Å². The number of carbonyl (C=O) groups is 1. The van der Waals surface area contributed by atoms with Gasteiger partial charge in [0.05, 0.1) is 5.36 Å². The van der Waals surface area contributed by atoms with Crippen LogP contribution in [0.4, 0.5) is 0 Å². The van der Waals surface area contributed by atoms with Crippen LogP contribution in [0.15, 0.2) is 41.4 Å². The maximum absolute atomic E-state index is 12.0. The molecule has 2 nitrogen and oxygen atoms in total. The molecule has 1 heterocycles. The molecule has 0 bridgehead atoms. The molecule has 0 N–H and O–H groups in total. The van der Waals surface area contributed by atoms with Crippen LogP contribution in [-0.4, -0.2) is 5.91 Å². The molecular weight excluding hydrogens is 210 g/mol. The van der Waals surface area contributed by atoms with Gasteiger partial charge in [-0.2, -0.15) is 0 Å². The zero-order valence-corrected chi connectivity index (χ0v) is 9.31. The summed E-state index contributed by atoms with van der Waals surface area (Å²) >= 11 is 0. The van der Waals surface area contributed by atoms with Crippen molar-refractivity contribution < 1.29 is 4.79 Å². The molecule has 1 saturated carbocycles. The summed E-state index contributed by atoms with van der Waals surface area (Å²) in [6.45, 7) is 0. The molecule has 17 heavy (non-hydrogen) atoms. The molecule has 2 aliphatic rings. The van der Waals surface area contributed by atoms with Gasteiger partial charge in [0.1, 0.15) is 0 Å². The van der Waals surface area contributed by atoms with Crippen molar-refractivity contribution in [2.75, 3.05) is 0 Å². The van der Waals surface area contributed by atoms with E-state index in [4.69, 9.17) is 0 Å². The number of fused-ring (bicyclic) bond motifs is 3. The molecule has 1 aliphatic heterocycles. The topological polar surface area (TPSA) is 29.4 Å². The van der Waals surface area contributed by atoms with Crippen molar-refractivity contribution in [3.05, 3.63) is 47.0 Å². The standard InChI is InChI=1S/C15H11NO/c17-15-13(10-5-6-10)12-8-7-9-3-1-2-4-11(9)14(12)16-15/h1-4,7-8,10H,5-6H2. The summed E-state index contributed by atoms with van der Waals surface area (Å²) < 4.78 is 0. The molecule has 0 aromatic heterocycles. The molecule has 1 aliphatic carbocycles. The molecule has 2 aromatic carbocycles. The Labute approximate surface area is 98.3 Å². The monoisotopic (exact) mass is 221 g/mol. The number of hydrogen-bond donors (Lipinski definition) is 0. The summed E-state index contributed by atoms with van der Waals surface area (Å²) in [7, 11) is 0. The van der Waals surface area contributed by atoms with Gasteiger partial charge in [0.25, 0.3) is 5.91 Å². The van der Waals surface area contributed by atoms with Crippen LogP contribution < -0.4 is 10.6 Å². The summed E-state index contributed by atoms with van der Waals surface area (Å²) in [5, 5.41) is 4.19. The van der Waals surface area contributed by atoms with Gasteiger partial charge >= 0.3 is 0 Å². The second-order valence-corrected chi connectivity index (χ2v) is 4.79. The van der Waals surface area contributed by atoms with Gasteiger partial charge in [-0.3, -0.25) is 4.79 Å². The number of nitrogens with zero attached hydrogens (tertiary/aromatic N) is 1. The first-order chi connectivity index (χ1) is 8.34. The van der Waals surface area contributed by atoms with Crippen LogP contribution in [0.1, 0.15) is 12.8 Å². The number of hydrogen-bond acceptors (Lipinski definition) is 1. The highest BCUT2D eigenvalue weighted by Crippen LogP contribution is 2.37. The van der Waals surface area contributed by atoms with E-state index in [1.165, 1.54) is 0 Å². The molecule has 1 fully saturated rings. The molecule has 2 aromatic rings. The minimum atomic E-state index is -0.0150. The zero-order valence-electron chi connectivity index (χ0n) is 9.31. The van der Waals surface area contributed by atoms with Gasteiger partial charge in [-0.15, -0.1) is 0 Å². The Morgan fingerprint density at radius 1 is 1.06 bits per heavy atom. The maximum Gasteiger partial charge on any atom is 0.274 e. The van der Waals surface area contributed by atoms with E-state index in [0.717, 1.165) is 39.8 Å². The molecule has 0 radical (unpaired) electrons. The highest BCUT2D eigenvalue weighted by atomic mass is 16.1. The largest absolute Gasteiger partial charge is 0.274 e. The summed E-state index contributed by atoms with van der Waals surface area (Å²) in [6.07, 6.45) is 2.28. The Kier molecular flexibility index (Phi) is 1.63. The van der Waals surface area contributed by atoms with E-state index >= 15 is 0 Å². The van der Waals surface area contributed by atoms with E-state index < -0.39 is 0 Å². The summed E-state index contributed by atoms with van der Waals surface area (Å²) in [5.74, 6) is 0.451. The van der Waals surface area contributed by atoms with Gasteiger partial charge in [0.2, 0.25) is 0 Å². The first-order valence-corrected chi connectivity index (χ1v) is 5.99. The van der Waals surface area contributed by atoms with Crippen molar-refractivity contribution in [1.29, 1.82) is 0 Å². The molecule has 0 unspecified atom stereocenters. The van der Waals surface area contributed by atoms with E-state index in [9.17, 15) is 4.79 Å². The van der Waals surface area contributed by atoms with Crippen LogP contribution >= 0.6 is 0 Å². The molecule has 0 atom stereocenters. The lowest BCUT2D eigenvalue weighted by atomic mass is 10.0. The van der Waals surface area contributed by atoms with Crippen molar-refractivity contribution in [3.8, 4) is 0 Å². The lowest BCUT2D eigenvalue weighted by molar-refractivity contribution is -0.112. The van der Waals surface area contributed by atoms with Crippen LogP contribution in [-0.2, 0) is 4.79 Å². The molecule has 2 heteroatoms. The van der Waals surface area contributed by atoms with Crippen LogP contribution in [0.2, 0.25) is 0 Å². The SMILES string of the molecule is O=C1N=c2c(ccc3ccccc23)=C1C1CC1. The Balaban J connectivity index is 2.22. The highest BCUT2D eigenvalue weighted by molar-refractivity contribution is 6.17. The minimum absolute atomic E-state index is 0.0150. The average Bonchev–Trinajstić information content (AvgIpc) is 3.12. The van der Waals surface area contributed by atoms with Crippen molar-refractivity contribution in [2.24, 2.45) is 10.9 Å². The lowest BCUT2D eigenvalue weighted by Crippen LogP contribution is -2.24. The van der Waals surface area contributed by atoms with Gasteiger partial charge in [-0.25, -0.2) is 4.99 Å². The van der Waals surface area contributed by atoms with Crippen molar-refractivity contribution in [1.82, 2.24) is 0 Å². The van der Waals surface area contributed by atoms with Crippen LogP contribution in [0.3, 0.4) is 0 Å². The van der Waals surface area contributed by atoms with Crippen molar-refractivity contribution >= 4 is 22.3 Å². The maximum atomic E-state index is 12.0. The van der Waals surface area contributed by atoms with Crippen LogP contribution in [0.25, 0.3) is 16.3 Å². The van der Waals surface area contributed by atoms with Crippen molar-refractivity contribution in [2.45, 2.75) is 12.8 Å². The van der Waals surface area contributed by atoms with Crippen LogP contribution in [0, 0.1) is 5.92 Å². The number of benzene rings is 2. The quantitative estimate of drug-likeness (QED) is 0.718. The first-order valence-electron chi connectivity index (χ1n) is 5.99. The molecule has 1 amide bonds. The van der Waals surface area contributed by atoms with Crippen molar-refractivity contribution in [3.63, 3.8) is 0 Å². The predicted octanol–water partition coefficient (Wildman–Crippen LogP) is 1.56. The van der Waals surface area contributed by atoms with E-state index in [1.807, 2.05) is 18.2 Å². The fourth-order valence-electron chi connectivity index (χ4n) is 2.64. The van der Waals surface area contributed by atoms with Gasteiger partial charge in [-0.05, 0) is 24.1 Å². The van der Waals surface area contributed by atoms with E-state index in [2.05, 4.69) is 23.2 Å². The van der Waals surface area contributed by atoms with E-state index in [1.54, 1.807) is 0 Å². The molecule has 4 rings (SSSR count). The third-order valence-electron chi connectivity index (χ3n) is 3.62. The van der Waals surface area contributed by atoms with Gasteiger partial charge in [0, 0.05) is 16.2 Å². The number of carbonyl (C=O) groups excluding carboxylic acids is 1. The zero-order chi connectivity index (χ0) is 11.4. The third kappa shape index (κ3) is 1.21. The smallest absolute Gasteiger partial charge is 0.267 e. The first kappa shape index (κ1) is 9.11. The van der Waals surface area contributed by atoms with Gasteiger partial charge < -0.3 is 0 Å². The lowest BCUT2D eigenvalue weighted by Gasteiger charge is -1.96. The summed E-state index contributed by atoms with van der Waals surface area (Å²) in [6, 6.07) is 12.3. The second-order valence-electron chi connectivity index (χ2n) is 4.79. The highest BCUT2D eigenvalue weighted by Gasteiger charge is 2.33. The number of amides is 1. The Hall–Kier alpha value is -1.96. The fourth-order valence-corrected chi connectivity index (χ4v) is 2.64. The summed E-state index contributed by atoms with van der Waals surface area (Å²) in [5.41, 5.74) is 0.950. The molecular formula is C15H11NO. The molecule has 0 saturated heterocycles. The van der Waals surface area contributed by atoms with Gasteiger partial charge in [-0.1, -0.05) is 36.4 Å².